The largest absolute Gasteiger partial charge is 0.464 e. The maximum absolute atomic E-state index is 10.1. The van der Waals surface area contributed by atoms with E-state index >= 15 is 0 Å². The van der Waals surface area contributed by atoms with Crippen LogP contribution in [0, 0.1) is 23.2 Å². The van der Waals surface area contributed by atoms with Crippen LogP contribution in [0.5, 0.6) is 0 Å². The molecular weight excluding hydrogens is 372 g/mol. The summed E-state index contributed by atoms with van der Waals surface area (Å²) in [5.74, 6) is 3.18. The predicted molar refractivity (Wildman–Crippen MR) is 122 cm³/mol. The lowest BCUT2D eigenvalue weighted by Gasteiger charge is -2.44. The average molecular weight is 415 g/mol. The van der Waals surface area contributed by atoms with E-state index < -0.39 is 5.60 Å². The van der Waals surface area contributed by atoms with Gasteiger partial charge in [0.15, 0.2) is 0 Å². The van der Waals surface area contributed by atoms with E-state index in [0.717, 1.165) is 43.8 Å². The molecule has 168 valence electrons. The normalized spacial score (nSPS) is 34.1. The van der Waals surface area contributed by atoms with E-state index in [2.05, 4.69) is 19.9 Å². The summed E-state index contributed by atoms with van der Waals surface area (Å²) in [7, 11) is 0. The predicted octanol–water partition coefficient (Wildman–Crippen LogP) is 6.31. The van der Waals surface area contributed by atoms with Gasteiger partial charge in [-0.05, 0) is 100 Å². The maximum Gasteiger partial charge on any atom is 0.130 e. The van der Waals surface area contributed by atoms with E-state index in [4.69, 9.17) is 4.42 Å². The molecule has 0 radical (unpaired) electrons. The van der Waals surface area contributed by atoms with Crippen molar-refractivity contribution in [2.45, 2.75) is 110 Å². The van der Waals surface area contributed by atoms with Crippen molar-refractivity contribution in [3.63, 3.8) is 0 Å². The van der Waals surface area contributed by atoms with E-state index in [-0.39, 0.29) is 6.10 Å². The maximum atomic E-state index is 10.1. The Morgan fingerprint density at radius 2 is 2.07 bits per heavy atom. The lowest BCUT2D eigenvalue weighted by atomic mass is 9.60. The third-order valence-corrected chi connectivity index (χ3v) is 8.69. The zero-order valence-electron chi connectivity index (χ0n) is 19.5. The second-order valence-electron chi connectivity index (χ2n) is 11.5. The molecule has 4 rings (SSSR count). The van der Waals surface area contributed by atoms with Crippen molar-refractivity contribution in [1.82, 2.24) is 0 Å². The number of aryl methyl sites for hydroxylation is 1. The summed E-state index contributed by atoms with van der Waals surface area (Å²) in [6.45, 7) is 8.85. The van der Waals surface area contributed by atoms with Crippen LogP contribution >= 0.6 is 0 Å². The molecule has 1 aromatic heterocycles. The van der Waals surface area contributed by atoms with Gasteiger partial charge in [-0.2, -0.15) is 0 Å². The highest BCUT2D eigenvalue weighted by Crippen LogP contribution is 2.60. The fourth-order valence-electron chi connectivity index (χ4n) is 7.07. The van der Waals surface area contributed by atoms with Gasteiger partial charge in [-0.25, -0.2) is 0 Å². The van der Waals surface area contributed by atoms with E-state index in [1.54, 1.807) is 5.57 Å². The SMILES string of the molecule is C[C@@H](CCCC(C)(C)O)[C@@H]1CC[C@@H]2/C(=C/c3occ4c3C[C@@H](O)CC4)CCC[C@]21C. The summed E-state index contributed by atoms with van der Waals surface area (Å²) in [6, 6.07) is 0. The topological polar surface area (TPSA) is 53.6 Å². The van der Waals surface area contributed by atoms with Gasteiger partial charge in [0.25, 0.3) is 0 Å². The van der Waals surface area contributed by atoms with E-state index in [1.807, 2.05) is 20.1 Å². The summed E-state index contributed by atoms with van der Waals surface area (Å²) < 4.78 is 6.00. The molecular formula is C27H42O3. The smallest absolute Gasteiger partial charge is 0.130 e. The van der Waals surface area contributed by atoms with Crippen molar-refractivity contribution < 1.29 is 14.6 Å². The monoisotopic (exact) mass is 414 g/mol. The van der Waals surface area contributed by atoms with Crippen molar-refractivity contribution >= 4 is 6.08 Å². The first kappa shape index (κ1) is 22.1. The van der Waals surface area contributed by atoms with Crippen LogP contribution in [-0.2, 0) is 12.8 Å². The second kappa shape index (κ2) is 8.47. The fraction of sp³-hybridized carbons (Fsp3) is 0.778. The van der Waals surface area contributed by atoms with Gasteiger partial charge in [-0.15, -0.1) is 0 Å². The third-order valence-electron chi connectivity index (χ3n) is 8.69. The summed E-state index contributed by atoms with van der Waals surface area (Å²) in [5, 5.41) is 20.2. The Balaban J connectivity index is 1.49. The number of allylic oxidation sites excluding steroid dienone is 1. The number of aliphatic hydroxyl groups excluding tert-OH is 1. The standard InChI is InChI=1S/C27H42O3/c1-18(7-5-13-26(2,3)29)23-11-12-24-19(8-6-14-27(23,24)4)15-25-22-16-21(28)10-9-20(22)17-30-25/h15,17-18,21,23-24,28-29H,5-14,16H2,1-4H3/b19-15+/t18-,21-,23-,24+,27-/m0/s1. The van der Waals surface area contributed by atoms with Gasteiger partial charge in [0.05, 0.1) is 18.0 Å². The van der Waals surface area contributed by atoms with Gasteiger partial charge >= 0.3 is 0 Å². The molecule has 0 aromatic carbocycles. The van der Waals surface area contributed by atoms with Crippen molar-refractivity contribution in [3.05, 3.63) is 28.7 Å². The molecule has 0 amide bonds. The van der Waals surface area contributed by atoms with Crippen molar-refractivity contribution in [2.24, 2.45) is 23.2 Å². The Morgan fingerprint density at radius 3 is 2.83 bits per heavy atom. The number of hydrogen-bond donors (Lipinski definition) is 2. The van der Waals surface area contributed by atoms with Gasteiger partial charge in [-0.1, -0.05) is 32.3 Å². The molecule has 0 aliphatic heterocycles. The molecule has 3 aliphatic carbocycles. The minimum atomic E-state index is -0.543. The van der Waals surface area contributed by atoms with E-state index in [0.29, 0.717) is 17.3 Å². The summed E-state index contributed by atoms with van der Waals surface area (Å²) in [4.78, 5) is 0. The molecule has 5 atom stereocenters. The molecule has 1 aromatic rings. The number of aliphatic hydroxyl groups is 2. The van der Waals surface area contributed by atoms with Crippen molar-refractivity contribution in [1.29, 1.82) is 0 Å². The molecule has 0 saturated heterocycles. The Hall–Kier alpha value is -1.06. The van der Waals surface area contributed by atoms with Crippen molar-refractivity contribution in [3.8, 4) is 0 Å². The molecule has 2 fully saturated rings. The zero-order valence-corrected chi connectivity index (χ0v) is 19.5. The molecule has 1 heterocycles. The Labute approximate surface area is 183 Å². The average Bonchev–Trinajstić information content (AvgIpc) is 3.21. The quantitative estimate of drug-likeness (QED) is 0.574. The van der Waals surface area contributed by atoms with Crippen LogP contribution < -0.4 is 0 Å². The molecule has 3 heteroatoms. The molecule has 30 heavy (non-hydrogen) atoms. The van der Waals surface area contributed by atoms with Gasteiger partial charge < -0.3 is 14.6 Å². The van der Waals surface area contributed by atoms with Crippen LogP contribution in [-0.4, -0.2) is 21.9 Å². The first-order valence-corrected chi connectivity index (χ1v) is 12.4. The van der Waals surface area contributed by atoms with Crippen molar-refractivity contribution in [2.75, 3.05) is 0 Å². The van der Waals surface area contributed by atoms with Gasteiger partial charge in [0.1, 0.15) is 5.76 Å². The van der Waals surface area contributed by atoms with Crippen LogP contribution in [0.4, 0.5) is 0 Å². The molecule has 3 nitrogen and oxygen atoms in total. The van der Waals surface area contributed by atoms with Crippen LogP contribution in [0.25, 0.3) is 6.08 Å². The number of furan rings is 1. The summed E-state index contributed by atoms with van der Waals surface area (Å²) in [6.07, 6.45) is 16.3. The lowest BCUT2D eigenvalue weighted by Crippen LogP contribution is -2.36. The molecule has 2 saturated carbocycles. The molecule has 2 N–H and O–H groups in total. The summed E-state index contributed by atoms with van der Waals surface area (Å²) >= 11 is 0. The molecule has 0 spiro atoms. The third kappa shape index (κ3) is 4.43. The fourth-order valence-corrected chi connectivity index (χ4v) is 7.07. The van der Waals surface area contributed by atoms with Gasteiger partial charge in [0.2, 0.25) is 0 Å². The molecule has 3 aliphatic rings. The minimum Gasteiger partial charge on any atom is -0.464 e. The van der Waals surface area contributed by atoms with Gasteiger partial charge in [0, 0.05) is 12.0 Å². The number of rotatable bonds is 6. The van der Waals surface area contributed by atoms with E-state index in [1.165, 1.54) is 49.7 Å². The zero-order chi connectivity index (χ0) is 21.5. The van der Waals surface area contributed by atoms with Crippen LogP contribution in [0.1, 0.15) is 102 Å². The Kier molecular flexibility index (Phi) is 6.25. The summed E-state index contributed by atoms with van der Waals surface area (Å²) in [5.41, 5.74) is 3.99. The first-order valence-electron chi connectivity index (χ1n) is 12.4. The van der Waals surface area contributed by atoms with Crippen LogP contribution in [0.3, 0.4) is 0 Å². The van der Waals surface area contributed by atoms with Crippen LogP contribution in [0.2, 0.25) is 0 Å². The highest BCUT2D eigenvalue weighted by Gasteiger charge is 2.50. The Morgan fingerprint density at radius 1 is 1.27 bits per heavy atom. The lowest BCUT2D eigenvalue weighted by molar-refractivity contribution is 0.0597. The number of hydrogen-bond acceptors (Lipinski definition) is 3. The highest BCUT2D eigenvalue weighted by molar-refractivity contribution is 5.55. The Bertz CT molecular complexity index is 768. The molecule has 0 unspecified atom stereocenters. The molecule has 0 bridgehead atoms. The van der Waals surface area contributed by atoms with Crippen LogP contribution in [0.15, 0.2) is 16.3 Å². The number of fused-ring (bicyclic) bond motifs is 2. The highest BCUT2D eigenvalue weighted by atomic mass is 16.3. The first-order chi connectivity index (χ1) is 14.2. The van der Waals surface area contributed by atoms with E-state index in [9.17, 15) is 10.2 Å². The van der Waals surface area contributed by atoms with Gasteiger partial charge in [-0.3, -0.25) is 0 Å². The second-order valence-corrected chi connectivity index (χ2v) is 11.5. The minimum absolute atomic E-state index is 0.218.